The zero-order valence-corrected chi connectivity index (χ0v) is 10.8. The van der Waals surface area contributed by atoms with Crippen LogP contribution in [-0.4, -0.2) is 29.8 Å². The highest BCUT2D eigenvalue weighted by Gasteiger charge is 2.08. The van der Waals surface area contributed by atoms with Crippen molar-refractivity contribution in [2.45, 2.75) is 32.7 Å². The molecular formula is C13H23N3O. The van der Waals surface area contributed by atoms with Crippen molar-refractivity contribution in [3.63, 3.8) is 0 Å². The molecule has 0 aliphatic carbocycles. The van der Waals surface area contributed by atoms with Crippen LogP contribution >= 0.6 is 0 Å². The Kier molecular flexibility index (Phi) is 5.94. The minimum absolute atomic E-state index is 0.0129. The van der Waals surface area contributed by atoms with E-state index in [9.17, 15) is 0 Å². The largest absolute Gasteiger partial charge is 0.395 e. The summed E-state index contributed by atoms with van der Waals surface area (Å²) in [5, 5.41) is 9.08. The van der Waals surface area contributed by atoms with Crippen LogP contribution in [0.15, 0.2) is 18.3 Å². The van der Waals surface area contributed by atoms with Crippen LogP contribution in [0.2, 0.25) is 0 Å². The normalized spacial score (nSPS) is 12.5. The Morgan fingerprint density at radius 3 is 2.82 bits per heavy atom. The maximum absolute atomic E-state index is 9.08. The van der Waals surface area contributed by atoms with Gasteiger partial charge in [-0.25, -0.2) is 4.98 Å². The van der Waals surface area contributed by atoms with E-state index in [0.29, 0.717) is 6.54 Å². The molecule has 0 saturated heterocycles. The second kappa shape index (κ2) is 7.25. The van der Waals surface area contributed by atoms with Gasteiger partial charge in [-0.2, -0.15) is 0 Å². The van der Waals surface area contributed by atoms with Gasteiger partial charge in [0.2, 0.25) is 0 Å². The number of anilines is 1. The average molecular weight is 237 g/mol. The predicted molar refractivity (Wildman–Crippen MR) is 71.0 cm³/mol. The Hall–Kier alpha value is -1.13. The predicted octanol–water partition coefficient (Wildman–Crippen LogP) is 1.70. The zero-order chi connectivity index (χ0) is 12.7. The topological polar surface area (TPSA) is 62.4 Å². The lowest BCUT2D eigenvalue weighted by atomic mass is 10.1. The third-order valence-corrected chi connectivity index (χ3v) is 2.77. The van der Waals surface area contributed by atoms with E-state index in [1.807, 2.05) is 19.1 Å². The molecule has 0 saturated carbocycles. The second-order valence-corrected chi connectivity index (χ2v) is 4.30. The minimum atomic E-state index is 0.0129. The fourth-order valence-electron chi connectivity index (χ4n) is 1.70. The van der Waals surface area contributed by atoms with E-state index in [1.54, 1.807) is 6.20 Å². The lowest BCUT2D eigenvalue weighted by molar-refractivity contribution is 0.301. The maximum Gasteiger partial charge on any atom is 0.128 e. The molecule has 0 fully saturated rings. The maximum atomic E-state index is 9.08. The summed E-state index contributed by atoms with van der Waals surface area (Å²) >= 11 is 0. The van der Waals surface area contributed by atoms with Crippen molar-refractivity contribution in [1.29, 1.82) is 0 Å². The molecule has 1 aromatic heterocycles. The molecule has 0 bridgehead atoms. The summed E-state index contributed by atoms with van der Waals surface area (Å²) in [4.78, 5) is 6.46. The highest BCUT2D eigenvalue weighted by atomic mass is 16.3. The molecule has 1 rings (SSSR count). The minimum Gasteiger partial charge on any atom is -0.395 e. The fraction of sp³-hybridized carbons (Fsp3) is 0.615. The van der Waals surface area contributed by atoms with Gasteiger partial charge in [0.25, 0.3) is 0 Å². The number of aromatic nitrogens is 1. The number of aliphatic hydroxyl groups is 1. The summed E-state index contributed by atoms with van der Waals surface area (Å²) in [5.74, 6) is 0.905. The third-order valence-electron chi connectivity index (χ3n) is 2.77. The molecule has 3 N–H and O–H groups in total. The Morgan fingerprint density at radius 1 is 1.47 bits per heavy atom. The van der Waals surface area contributed by atoms with Crippen LogP contribution in [0.25, 0.3) is 0 Å². The second-order valence-electron chi connectivity index (χ2n) is 4.30. The molecule has 0 aliphatic heterocycles. The molecule has 17 heavy (non-hydrogen) atoms. The van der Waals surface area contributed by atoms with E-state index < -0.39 is 0 Å². The Bertz CT molecular complexity index is 328. The molecule has 1 atom stereocenters. The highest BCUT2D eigenvalue weighted by molar-refractivity contribution is 5.41. The van der Waals surface area contributed by atoms with Gasteiger partial charge in [-0.05, 0) is 31.0 Å². The van der Waals surface area contributed by atoms with E-state index >= 15 is 0 Å². The van der Waals surface area contributed by atoms with Crippen molar-refractivity contribution in [1.82, 2.24) is 4.98 Å². The van der Waals surface area contributed by atoms with Crippen molar-refractivity contribution in [3.05, 3.63) is 23.9 Å². The first-order valence-corrected chi connectivity index (χ1v) is 6.26. The van der Waals surface area contributed by atoms with Crippen LogP contribution < -0.4 is 10.6 Å². The Balaban J connectivity index is 2.81. The van der Waals surface area contributed by atoms with Gasteiger partial charge < -0.3 is 15.7 Å². The summed E-state index contributed by atoms with van der Waals surface area (Å²) < 4.78 is 0. The Morgan fingerprint density at radius 2 is 2.24 bits per heavy atom. The number of hydrogen-bond acceptors (Lipinski definition) is 4. The van der Waals surface area contributed by atoms with Gasteiger partial charge in [-0.1, -0.05) is 13.3 Å². The van der Waals surface area contributed by atoms with E-state index in [4.69, 9.17) is 10.8 Å². The van der Waals surface area contributed by atoms with E-state index in [0.717, 1.165) is 30.8 Å². The van der Waals surface area contributed by atoms with Gasteiger partial charge in [0.15, 0.2) is 0 Å². The SMILES string of the molecule is CCCCN(CCO)c1cc([C@@H](C)N)ccn1. The van der Waals surface area contributed by atoms with Gasteiger partial charge >= 0.3 is 0 Å². The molecule has 1 heterocycles. The molecule has 0 amide bonds. The van der Waals surface area contributed by atoms with E-state index in [2.05, 4.69) is 16.8 Å². The summed E-state index contributed by atoms with van der Waals surface area (Å²) in [6.45, 7) is 5.81. The summed E-state index contributed by atoms with van der Waals surface area (Å²) in [5.41, 5.74) is 6.94. The molecule has 1 aromatic rings. The van der Waals surface area contributed by atoms with Crippen LogP contribution in [0.1, 0.15) is 38.3 Å². The standard InChI is InChI=1S/C13H23N3O/c1-3-4-7-16(8-9-17)13-10-12(11(2)14)5-6-15-13/h5-6,10-11,17H,3-4,7-9,14H2,1-2H3/t11-/m1/s1. The number of hydrogen-bond donors (Lipinski definition) is 2. The molecule has 0 spiro atoms. The average Bonchev–Trinajstić information content (AvgIpc) is 2.34. The van der Waals surface area contributed by atoms with Crippen molar-refractivity contribution >= 4 is 5.82 Å². The third kappa shape index (κ3) is 4.32. The number of rotatable bonds is 7. The molecule has 0 aromatic carbocycles. The van der Waals surface area contributed by atoms with Crippen LogP contribution in [0.3, 0.4) is 0 Å². The van der Waals surface area contributed by atoms with Gasteiger partial charge in [0.1, 0.15) is 5.82 Å². The summed E-state index contributed by atoms with van der Waals surface area (Å²) in [7, 11) is 0. The van der Waals surface area contributed by atoms with Gasteiger partial charge in [0, 0.05) is 25.3 Å². The first-order chi connectivity index (χ1) is 8.19. The zero-order valence-electron chi connectivity index (χ0n) is 10.8. The molecule has 96 valence electrons. The van der Waals surface area contributed by atoms with Crippen molar-refractivity contribution in [2.75, 3.05) is 24.6 Å². The Labute approximate surface area is 103 Å². The number of unbranched alkanes of at least 4 members (excludes halogenated alkanes) is 1. The quantitative estimate of drug-likeness (QED) is 0.757. The lowest BCUT2D eigenvalue weighted by Gasteiger charge is -2.23. The van der Waals surface area contributed by atoms with Crippen LogP contribution in [0.5, 0.6) is 0 Å². The lowest BCUT2D eigenvalue weighted by Crippen LogP contribution is -2.28. The first kappa shape index (κ1) is 13.9. The van der Waals surface area contributed by atoms with Crippen LogP contribution in [0.4, 0.5) is 5.82 Å². The number of nitrogens with two attached hydrogens (primary N) is 1. The number of pyridine rings is 1. The number of nitrogens with zero attached hydrogens (tertiary/aromatic N) is 2. The summed E-state index contributed by atoms with van der Waals surface area (Å²) in [6, 6.07) is 3.96. The van der Waals surface area contributed by atoms with Gasteiger partial charge in [-0.15, -0.1) is 0 Å². The van der Waals surface area contributed by atoms with Crippen molar-refractivity contribution in [2.24, 2.45) is 5.73 Å². The van der Waals surface area contributed by atoms with Crippen LogP contribution in [-0.2, 0) is 0 Å². The van der Waals surface area contributed by atoms with E-state index in [-0.39, 0.29) is 12.6 Å². The monoisotopic (exact) mass is 237 g/mol. The smallest absolute Gasteiger partial charge is 0.128 e. The van der Waals surface area contributed by atoms with Gasteiger partial charge in [-0.3, -0.25) is 0 Å². The van der Waals surface area contributed by atoms with Crippen molar-refractivity contribution < 1.29 is 5.11 Å². The van der Waals surface area contributed by atoms with Crippen molar-refractivity contribution in [3.8, 4) is 0 Å². The molecule has 4 nitrogen and oxygen atoms in total. The highest BCUT2D eigenvalue weighted by Crippen LogP contribution is 2.17. The summed E-state index contributed by atoms with van der Waals surface area (Å²) in [6.07, 6.45) is 4.02. The molecule has 4 heteroatoms. The molecular weight excluding hydrogens is 214 g/mol. The fourth-order valence-corrected chi connectivity index (χ4v) is 1.70. The molecule has 0 radical (unpaired) electrons. The number of aliphatic hydroxyl groups excluding tert-OH is 1. The van der Waals surface area contributed by atoms with E-state index in [1.165, 1.54) is 0 Å². The molecule has 0 aliphatic rings. The molecule has 0 unspecified atom stereocenters. The van der Waals surface area contributed by atoms with Gasteiger partial charge in [0.05, 0.1) is 6.61 Å². The van der Waals surface area contributed by atoms with Crippen LogP contribution in [0, 0.1) is 0 Å². The first-order valence-electron chi connectivity index (χ1n) is 6.26.